The third kappa shape index (κ3) is 2.96. The van der Waals surface area contributed by atoms with Crippen molar-refractivity contribution in [2.45, 2.75) is 27.2 Å². The zero-order valence-corrected chi connectivity index (χ0v) is 11.9. The molecule has 0 bridgehead atoms. The lowest BCUT2D eigenvalue weighted by atomic mass is 10.2. The van der Waals surface area contributed by atoms with E-state index in [0.717, 1.165) is 24.2 Å². The number of pyridine rings is 1. The third-order valence-electron chi connectivity index (χ3n) is 2.98. The van der Waals surface area contributed by atoms with Gasteiger partial charge in [-0.1, -0.05) is 12.1 Å². The first-order valence-corrected chi connectivity index (χ1v) is 6.56. The van der Waals surface area contributed by atoms with E-state index in [9.17, 15) is 4.79 Å². The maximum absolute atomic E-state index is 12.3. The fourth-order valence-corrected chi connectivity index (χ4v) is 1.68. The lowest BCUT2D eigenvalue weighted by Crippen LogP contribution is -2.16. The van der Waals surface area contributed by atoms with Gasteiger partial charge in [0.15, 0.2) is 0 Å². The zero-order valence-electron chi connectivity index (χ0n) is 11.9. The molecule has 0 spiro atoms. The molecule has 2 aromatic heterocycles. The van der Waals surface area contributed by atoms with Crippen molar-refractivity contribution < 1.29 is 9.32 Å². The van der Waals surface area contributed by atoms with Gasteiger partial charge in [0.25, 0.3) is 5.91 Å². The van der Waals surface area contributed by atoms with Crippen LogP contribution in [-0.4, -0.2) is 22.6 Å². The zero-order chi connectivity index (χ0) is 14.5. The SMILES string of the molecule is CCCNc1ncccc1C(=O)Nc1onc(C)c1C. The van der Waals surface area contributed by atoms with Gasteiger partial charge in [0.1, 0.15) is 5.82 Å². The van der Waals surface area contributed by atoms with E-state index in [0.29, 0.717) is 17.3 Å². The number of nitrogens with one attached hydrogen (secondary N) is 2. The highest BCUT2D eigenvalue weighted by atomic mass is 16.5. The Hall–Kier alpha value is -2.37. The summed E-state index contributed by atoms with van der Waals surface area (Å²) in [6.07, 6.45) is 2.61. The van der Waals surface area contributed by atoms with Crippen LogP contribution in [0.5, 0.6) is 0 Å². The van der Waals surface area contributed by atoms with E-state index in [2.05, 4.69) is 27.7 Å². The van der Waals surface area contributed by atoms with Crippen molar-refractivity contribution in [3.63, 3.8) is 0 Å². The summed E-state index contributed by atoms with van der Waals surface area (Å²) in [4.78, 5) is 16.5. The van der Waals surface area contributed by atoms with Crippen LogP contribution in [-0.2, 0) is 0 Å². The summed E-state index contributed by atoms with van der Waals surface area (Å²) in [5.74, 6) is 0.675. The molecule has 2 rings (SSSR count). The molecule has 0 aliphatic carbocycles. The lowest BCUT2D eigenvalue weighted by molar-refractivity contribution is 0.102. The van der Waals surface area contributed by atoms with E-state index >= 15 is 0 Å². The average Bonchev–Trinajstić information content (AvgIpc) is 2.77. The minimum Gasteiger partial charge on any atom is -0.369 e. The summed E-state index contributed by atoms with van der Waals surface area (Å²) >= 11 is 0. The Morgan fingerprint density at radius 1 is 1.40 bits per heavy atom. The van der Waals surface area contributed by atoms with E-state index in [1.807, 2.05) is 13.8 Å². The second kappa shape index (κ2) is 6.18. The Morgan fingerprint density at radius 2 is 2.20 bits per heavy atom. The molecule has 1 amide bonds. The number of carbonyl (C=O) groups excluding carboxylic acids is 1. The van der Waals surface area contributed by atoms with Crippen LogP contribution >= 0.6 is 0 Å². The molecule has 2 aromatic rings. The van der Waals surface area contributed by atoms with Gasteiger partial charge in [0.05, 0.1) is 11.3 Å². The number of carbonyl (C=O) groups is 1. The van der Waals surface area contributed by atoms with Crippen LogP contribution in [0, 0.1) is 13.8 Å². The van der Waals surface area contributed by atoms with Crippen LogP contribution in [0.1, 0.15) is 35.0 Å². The maximum atomic E-state index is 12.3. The Bertz CT molecular complexity index is 607. The molecule has 20 heavy (non-hydrogen) atoms. The van der Waals surface area contributed by atoms with E-state index < -0.39 is 0 Å². The highest BCUT2D eigenvalue weighted by molar-refractivity contribution is 6.07. The predicted octanol–water partition coefficient (Wildman–Crippen LogP) is 2.76. The van der Waals surface area contributed by atoms with Crippen LogP contribution < -0.4 is 10.6 Å². The van der Waals surface area contributed by atoms with E-state index in [1.54, 1.807) is 18.3 Å². The van der Waals surface area contributed by atoms with Gasteiger partial charge in [-0.2, -0.15) is 0 Å². The molecule has 0 saturated heterocycles. The quantitative estimate of drug-likeness (QED) is 0.876. The van der Waals surface area contributed by atoms with Crippen LogP contribution in [0.4, 0.5) is 11.7 Å². The molecule has 6 heteroatoms. The number of hydrogen-bond donors (Lipinski definition) is 2. The van der Waals surface area contributed by atoms with E-state index in [1.165, 1.54) is 0 Å². The minimum absolute atomic E-state index is 0.268. The fourth-order valence-electron chi connectivity index (χ4n) is 1.68. The van der Waals surface area contributed by atoms with Gasteiger partial charge >= 0.3 is 0 Å². The molecule has 0 aliphatic heterocycles. The average molecular weight is 274 g/mol. The number of hydrogen-bond acceptors (Lipinski definition) is 5. The van der Waals surface area contributed by atoms with Gasteiger partial charge in [-0.15, -0.1) is 0 Å². The highest BCUT2D eigenvalue weighted by Gasteiger charge is 2.16. The Balaban J connectivity index is 2.19. The topological polar surface area (TPSA) is 80.0 Å². The first-order valence-electron chi connectivity index (χ1n) is 6.56. The number of aromatic nitrogens is 2. The Morgan fingerprint density at radius 3 is 2.85 bits per heavy atom. The van der Waals surface area contributed by atoms with Crippen molar-refractivity contribution in [3.8, 4) is 0 Å². The van der Waals surface area contributed by atoms with Gasteiger partial charge < -0.3 is 9.84 Å². The summed E-state index contributed by atoms with van der Waals surface area (Å²) < 4.78 is 5.09. The van der Waals surface area contributed by atoms with Crippen molar-refractivity contribution in [3.05, 3.63) is 35.2 Å². The maximum Gasteiger partial charge on any atom is 0.261 e. The van der Waals surface area contributed by atoms with Crippen molar-refractivity contribution in [2.75, 3.05) is 17.2 Å². The van der Waals surface area contributed by atoms with Gasteiger partial charge in [0.2, 0.25) is 5.88 Å². The van der Waals surface area contributed by atoms with Gasteiger partial charge in [-0.05, 0) is 32.4 Å². The number of amides is 1. The molecule has 0 aliphatic rings. The van der Waals surface area contributed by atoms with Crippen molar-refractivity contribution in [1.29, 1.82) is 0 Å². The van der Waals surface area contributed by atoms with Gasteiger partial charge in [-0.25, -0.2) is 4.98 Å². The summed E-state index contributed by atoms with van der Waals surface area (Å²) in [5, 5.41) is 9.66. The molecule has 0 fully saturated rings. The van der Waals surface area contributed by atoms with Crippen LogP contribution in [0.2, 0.25) is 0 Å². The third-order valence-corrected chi connectivity index (χ3v) is 2.98. The summed E-state index contributed by atoms with van der Waals surface area (Å²) in [5.41, 5.74) is 2.07. The minimum atomic E-state index is -0.268. The summed E-state index contributed by atoms with van der Waals surface area (Å²) in [6.45, 7) is 6.49. The number of nitrogens with zero attached hydrogens (tertiary/aromatic N) is 2. The second-order valence-corrected chi connectivity index (χ2v) is 4.50. The Kier molecular flexibility index (Phi) is 4.34. The van der Waals surface area contributed by atoms with E-state index in [4.69, 9.17) is 4.52 Å². The smallest absolute Gasteiger partial charge is 0.261 e. The largest absolute Gasteiger partial charge is 0.369 e. The van der Waals surface area contributed by atoms with E-state index in [-0.39, 0.29) is 5.91 Å². The molecule has 0 saturated carbocycles. The first-order chi connectivity index (χ1) is 9.63. The number of anilines is 2. The molecule has 0 unspecified atom stereocenters. The monoisotopic (exact) mass is 274 g/mol. The predicted molar refractivity (Wildman–Crippen MR) is 76.9 cm³/mol. The molecule has 106 valence electrons. The fraction of sp³-hybridized carbons (Fsp3) is 0.357. The summed E-state index contributed by atoms with van der Waals surface area (Å²) in [7, 11) is 0. The second-order valence-electron chi connectivity index (χ2n) is 4.50. The first kappa shape index (κ1) is 14.0. The summed E-state index contributed by atoms with van der Waals surface area (Å²) in [6, 6.07) is 3.45. The van der Waals surface area contributed by atoms with Gasteiger partial charge in [0, 0.05) is 18.3 Å². The molecule has 2 heterocycles. The standard InChI is InChI=1S/C14H18N4O2/c1-4-7-15-12-11(6-5-8-16-12)13(19)17-14-9(2)10(3)18-20-14/h5-6,8H,4,7H2,1-3H3,(H,15,16)(H,17,19). The molecule has 0 radical (unpaired) electrons. The normalized spacial score (nSPS) is 10.3. The van der Waals surface area contributed by atoms with Crippen molar-refractivity contribution >= 4 is 17.6 Å². The van der Waals surface area contributed by atoms with Crippen molar-refractivity contribution in [2.24, 2.45) is 0 Å². The van der Waals surface area contributed by atoms with Crippen LogP contribution in [0.3, 0.4) is 0 Å². The molecular formula is C14H18N4O2. The number of aryl methyl sites for hydroxylation is 1. The lowest BCUT2D eigenvalue weighted by Gasteiger charge is -2.09. The molecule has 0 atom stereocenters. The van der Waals surface area contributed by atoms with Crippen molar-refractivity contribution in [1.82, 2.24) is 10.1 Å². The molecule has 0 aromatic carbocycles. The number of rotatable bonds is 5. The van der Waals surface area contributed by atoms with Crippen LogP contribution in [0.15, 0.2) is 22.9 Å². The van der Waals surface area contributed by atoms with Gasteiger partial charge in [-0.3, -0.25) is 10.1 Å². The molecular weight excluding hydrogens is 256 g/mol. The van der Waals surface area contributed by atoms with Crippen LogP contribution in [0.25, 0.3) is 0 Å². The molecule has 2 N–H and O–H groups in total. The highest BCUT2D eigenvalue weighted by Crippen LogP contribution is 2.20. The Labute approximate surface area is 117 Å². The molecule has 6 nitrogen and oxygen atoms in total.